The van der Waals surface area contributed by atoms with E-state index in [9.17, 15) is 9.59 Å². The SMILES string of the molecule is CC(C(=O)O)N1CCCCC(N)C1=O. The lowest BCUT2D eigenvalue weighted by molar-refractivity contribution is -0.149. The van der Waals surface area contributed by atoms with Gasteiger partial charge in [-0.05, 0) is 26.2 Å². The monoisotopic (exact) mass is 200 g/mol. The van der Waals surface area contributed by atoms with Crippen molar-refractivity contribution in [3.05, 3.63) is 0 Å². The quantitative estimate of drug-likeness (QED) is 0.646. The molecule has 80 valence electrons. The van der Waals surface area contributed by atoms with E-state index in [4.69, 9.17) is 10.8 Å². The Hall–Kier alpha value is -1.10. The van der Waals surface area contributed by atoms with Gasteiger partial charge in [0, 0.05) is 6.54 Å². The Labute approximate surface area is 82.9 Å². The molecule has 1 saturated heterocycles. The Morgan fingerprint density at radius 3 is 2.86 bits per heavy atom. The number of nitrogens with two attached hydrogens (primary N) is 1. The smallest absolute Gasteiger partial charge is 0.326 e. The van der Waals surface area contributed by atoms with Gasteiger partial charge in [-0.15, -0.1) is 0 Å². The fourth-order valence-corrected chi connectivity index (χ4v) is 1.61. The summed E-state index contributed by atoms with van der Waals surface area (Å²) < 4.78 is 0. The van der Waals surface area contributed by atoms with Crippen LogP contribution in [0.4, 0.5) is 0 Å². The maximum Gasteiger partial charge on any atom is 0.326 e. The molecular formula is C9H16N2O3. The third-order valence-electron chi connectivity index (χ3n) is 2.59. The highest BCUT2D eigenvalue weighted by Gasteiger charge is 2.30. The van der Waals surface area contributed by atoms with Crippen LogP contribution in [0.5, 0.6) is 0 Å². The van der Waals surface area contributed by atoms with Crippen LogP contribution in [0.25, 0.3) is 0 Å². The van der Waals surface area contributed by atoms with Gasteiger partial charge in [0.1, 0.15) is 6.04 Å². The van der Waals surface area contributed by atoms with Crippen LogP contribution >= 0.6 is 0 Å². The topological polar surface area (TPSA) is 83.6 Å². The summed E-state index contributed by atoms with van der Waals surface area (Å²) in [6.45, 7) is 2.01. The highest BCUT2D eigenvalue weighted by Crippen LogP contribution is 2.13. The molecule has 0 aliphatic carbocycles. The number of hydrogen-bond donors (Lipinski definition) is 2. The van der Waals surface area contributed by atoms with Crippen LogP contribution in [0.2, 0.25) is 0 Å². The zero-order valence-corrected chi connectivity index (χ0v) is 8.27. The van der Waals surface area contributed by atoms with Crippen LogP contribution < -0.4 is 5.73 Å². The minimum Gasteiger partial charge on any atom is -0.480 e. The van der Waals surface area contributed by atoms with Gasteiger partial charge in [0.25, 0.3) is 0 Å². The number of carbonyl (C=O) groups is 2. The van der Waals surface area contributed by atoms with Crippen LogP contribution in [-0.4, -0.2) is 40.5 Å². The van der Waals surface area contributed by atoms with Gasteiger partial charge in [0.15, 0.2) is 0 Å². The summed E-state index contributed by atoms with van der Waals surface area (Å²) >= 11 is 0. The van der Waals surface area contributed by atoms with Gasteiger partial charge in [-0.1, -0.05) is 0 Å². The molecule has 1 amide bonds. The van der Waals surface area contributed by atoms with E-state index in [0.717, 1.165) is 12.8 Å². The van der Waals surface area contributed by atoms with E-state index in [1.165, 1.54) is 11.8 Å². The molecule has 1 heterocycles. The van der Waals surface area contributed by atoms with E-state index >= 15 is 0 Å². The number of aliphatic carboxylic acids is 1. The summed E-state index contributed by atoms with van der Waals surface area (Å²) in [5, 5.41) is 8.80. The van der Waals surface area contributed by atoms with Crippen molar-refractivity contribution in [2.24, 2.45) is 5.73 Å². The summed E-state index contributed by atoms with van der Waals surface area (Å²) in [7, 11) is 0. The molecule has 14 heavy (non-hydrogen) atoms. The number of rotatable bonds is 2. The van der Waals surface area contributed by atoms with Gasteiger partial charge < -0.3 is 15.7 Å². The average molecular weight is 200 g/mol. The largest absolute Gasteiger partial charge is 0.480 e. The van der Waals surface area contributed by atoms with Gasteiger partial charge in [-0.25, -0.2) is 4.79 Å². The minimum absolute atomic E-state index is 0.239. The van der Waals surface area contributed by atoms with Gasteiger partial charge in [0.05, 0.1) is 6.04 Å². The summed E-state index contributed by atoms with van der Waals surface area (Å²) in [5.74, 6) is -1.22. The van der Waals surface area contributed by atoms with Gasteiger partial charge in [-0.3, -0.25) is 4.79 Å². The average Bonchev–Trinajstić information content (AvgIpc) is 2.29. The number of carboxylic acids is 1. The number of amides is 1. The molecule has 0 aromatic rings. The lowest BCUT2D eigenvalue weighted by Gasteiger charge is -2.26. The van der Waals surface area contributed by atoms with Crippen molar-refractivity contribution < 1.29 is 14.7 Å². The van der Waals surface area contributed by atoms with Crippen LogP contribution in [0.15, 0.2) is 0 Å². The van der Waals surface area contributed by atoms with Gasteiger partial charge >= 0.3 is 5.97 Å². The molecule has 2 unspecified atom stereocenters. The fraction of sp³-hybridized carbons (Fsp3) is 0.778. The molecule has 0 bridgehead atoms. The van der Waals surface area contributed by atoms with Crippen molar-refractivity contribution in [1.29, 1.82) is 0 Å². The zero-order valence-electron chi connectivity index (χ0n) is 8.27. The fourth-order valence-electron chi connectivity index (χ4n) is 1.61. The number of carbonyl (C=O) groups excluding carboxylic acids is 1. The van der Waals surface area contributed by atoms with Crippen LogP contribution in [0, 0.1) is 0 Å². The van der Waals surface area contributed by atoms with E-state index in [2.05, 4.69) is 0 Å². The predicted octanol–water partition coefficient (Wildman–Crippen LogP) is -0.201. The minimum atomic E-state index is -0.979. The standard InChI is InChI=1S/C9H16N2O3/c1-6(9(13)14)11-5-3-2-4-7(10)8(11)12/h6-7H,2-5,10H2,1H3,(H,13,14). The van der Waals surface area contributed by atoms with Gasteiger partial charge in [0.2, 0.25) is 5.91 Å². The lowest BCUT2D eigenvalue weighted by Crippen LogP contribution is -2.49. The van der Waals surface area contributed by atoms with Gasteiger partial charge in [-0.2, -0.15) is 0 Å². The molecule has 0 aromatic carbocycles. The van der Waals surface area contributed by atoms with Crippen molar-refractivity contribution in [3.8, 4) is 0 Å². The maximum absolute atomic E-state index is 11.6. The number of hydrogen-bond acceptors (Lipinski definition) is 3. The first kappa shape index (κ1) is 11.0. The highest BCUT2D eigenvalue weighted by molar-refractivity contribution is 5.86. The number of carboxylic acid groups (broad SMARTS) is 1. The normalized spacial score (nSPS) is 25.7. The van der Waals surface area contributed by atoms with Crippen molar-refractivity contribution in [3.63, 3.8) is 0 Å². The van der Waals surface area contributed by atoms with E-state index < -0.39 is 18.1 Å². The van der Waals surface area contributed by atoms with Crippen molar-refractivity contribution in [1.82, 2.24) is 4.90 Å². The summed E-state index contributed by atoms with van der Waals surface area (Å²) in [6.07, 6.45) is 2.37. The first-order valence-electron chi connectivity index (χ1n) is 4.83. The zero-order chi connectivity index (χ0) is 10.7. The molecule has 0 saturated carbocycles. The number of likely N-dealkylation sites (tertiary alicyclic amines) is 1. The van der Waals surface area contributed by atoms with Crippen molar-refractivity contribution >= 4 is 11.9 Å². The molecule has 1 rings (SSSR count). The molecule has 0 spiro atoms. The summed E-state index contributed by atoms with van der Waals surface area (Å²) in [5.41, 5.74) is 5.62. The van der Waals surface area contributed by atoms with Crippen LogP contribution in [0.3, 0.4) is 0 Å². The molecule has 5 nitrogen and oxygen atoms in total. The second kappa shape index (κ2) is 4.41. The Morgan fingerprint density at radius 1 is 1.64 bits per heavy atom. The van der Waals surface area contributed by atoms with E-state index in [1.807, 2.05) is 0 Å². The van der Waals surface area contributed by atoms with E-state index in [-0.39, 0.29) is 5.91 Å². The summed E-state index contributed by atoms with van der Waals surface area (Å²) in [4.78, 5) is 23.7. The first-order valence-corrected chi connectivity index (χ1v) is 4.83. The van der Waals surface area contributed by atoms with E-state index in [1.54, 1.807) is 0 Å². The van der Waals surface area contributed by atoms with Crippen molar-refractivity contribution in [2.75, 3.05) is 6.54 Å². The first-order chi connectivity index (χ1) is 6.54. The van der Waals surface area contributed by atoms with E-state index in [0.29, 0.717) is 13.0 Å². The molecule has 3 N–H and O–H groups in total. The molecule has 0 aromatic heterocycles. The van der Waals surface area contributed by atoms with Crippen LogP contribution in [-0.2, 0) is 9.59 Å². The molecule has 1 fully saturated rings. The van der Waals surface area contributed by atoms with Crippen molar-refractivity contribution in [2.45, 2.75) is 38.3 Å². The Balaban J connectivity index is 2.74. The third kappa shape index (κ3) is 2.23. The Morgan fingerprint density at radius 2 is 2.29 bits per heavy atom. The Bertz CT molecular complexity index is 242. The summed E-state index contributed by atoms with van der Waals surface area (Å²) in [6, 6.07) is -1.30. The molecule has 2 atom stereocenters. The molecule has 1 aliphatic heterocycles. The molecular weight excluding hydrogens is 184 g/mol. The Kier molecular flexibility index (Phi) is 3.46. The highest BCUT2D eigenvalue weighted by atomic mass is 16.4. The van der Waals surface area contributed by atoms with Crippen LogP contribution in [0.1, 0.15) is 26.2 Å². The predicted molar refractivity (Wildman–Crippen MR) is 50.6 cm³/mol. The molecule has 1 aliphatic rings. The lowest BCUT2D eigenvalue weighted by atomic mass is 10.1. The maximum atomic E-state index is 11.6. The molecule has 0 radical (unpaired) electrons. The second-order valence-corrected chi connectivity index (χ2v) is 3.65. The molecule has 5 heteroatoms. The number of nitrogens with zero attached hydrogens (tertiary/aromatic N) is 1. The third-order valence-corrected chi connectivity index (χ3v) is 2.59. The second-order valence-electron chi connectivity index (χ2n) is 3.65.